The van der Waals surface area contributed by atoms with Crippen LogP contribution >= 0.6 is 0 Å². The Balaban J connectivity index is 1.14. The van der Waals surface area contributed by atoms with Crippen molar-refractivity contribution >= 4 is 23.2 Å². The average Bonchev–Trinajstić information content (AvgIpc) is 3.61. The number of nitrogens with zero attached hydrogens (tertiary/aromatic N) is 8. The monoisotopic (exact) mass is 501 g/mol. The van der Waals surface area contributed by atoms with E-state index in [0.717, 1.165) is 69.3 Å². The Bertz CT molecular complexity index is 1380. The summed E-state index contributed by atoms with van der Waals surface area (Å²) in [6.45, 7) is 7.51. The number of benzene rings is 1. The Morgan fingerprint density at radius 3 is 2.54 bits per heavy atom. The van der Waals surface area contributed by atoms with Crippen LogP contribution in [0.15, 0.2) is 53.1 Å². The molecule has 2 saturated heterocycles. The van der Waals surface area contributed by atoms with E-state index in [0.29, 0.717) is 23.8 Å². The highest BCUT2D eigenvalue weighted by Crippen LogP contribution is 2.27. The molecule has 11 heteroatoms. The van der Waals surface area contributed by atoms with Gasteiger partial charge in [-0.05, 0) is 31.3 Å². The van der Waals surface area contributed by atoms with Crippen molar-refractivity contribution in [3.8, 4) is 22.8 Å². The number of fused-ring (bicyclic) bond motifs is 1. The molecule has 11 nitrogen and oxygen atoms in total. The predicted molar refractivity (Wildman–Crippen MR) is 141 cm³/mol. The van der Waals surface area contributed by atoms with E-state index in [1.807, 2.05) is 29.2 Å². The Hall–Kier alpha value is -3.96. The number of rotatable bonds is 5. The first-order chi connectivity index (χ1) is 18.0. The van der Waals surface area contributed by atoms with Crippen LogP contribution in [-0.4, -0.2) is 106 Å². The van der Waals surface area contributed by atoms with Crippen LogP contribution in [0.4, 0.5) is 11.6 Å². The number of hydrogen-bond donors (Lipinski definition) is 1. The summed E-state index contributed by atoms with van der Waals surface area (Å²) in [6, 6.07) is 13.7. The van der Waals surface area contributed by atoms with E-state index < -0.39 is 0 Å². The number of carbonyl (C=O) groups excluding carboxylic acids is 1. The smallest absolute Gasteiger partial charge is 0.236 e. The minimum Gasteiger partial charge on any atom is -0.461 e. The van der Waals surface area contributed by atoms with E-state index >= 15 is 0 Å². The largest absolute Gasteiger partial charge is 0.461 e. The van der Waals surface area contributed by atoms with Crippen molar-refractivity contribution in [3.63, 3.8) is 0 Å². The summed E-state index contributed by atoms with van der Waals surface area (Å²) in [4.78, 5) is 30.9. The maximum absolute atomic E-state index is 12.9. The molecule has 0 saturated carbocycles. The van der Waals surface area contributed by atoms with Gasteiger partial charge in [0.25, 0.3) is 0 Å². The van der Waals surface area contributed by atoms with Gasteiger partial charge in [0, 0.05) is 69.7 Å². The number of nitrogens with two attached hydrogens (primary N) is 1. The van der Waals surface area contributed by atoms with Gasteiger partial charge in [0.1, 0.15) is 0 Å². The van der Waals surface area contributed by atoms with E-state index in [2.05, 4.69) is 48.9 Å². The zero-order valence-electron chi connectivity index (χ0n) is 21.0. The van der Waals surface area contributed by atoms with E-state index in [-0.39, 0.29) is 11.9 Å². The van der Waals surface area contributed by atoms with Crippen LogP contribution in [0.25, 0.3) is 28.5 Å². The quantitative estimate of drug-likeness (QED) is 0.435. The Labute approximate surface area is 215 Å². The van der Waals surface area contributed by atoms with Crippen molar-refractivity contribution in [1.29, 1.82) is 0 Å². The van der Waals surface area contributed by atoms with E-state index in [1.54, 1.807) is 12.3 Å². The molecule has 0 spiro atoms. The number of anilines is 2. The number of hydrogen-bond acceptors (Lipinski definition) is 9. The normalized spacial score (nSPS) is 17.5. The molecule has 5 heterocycles. The highest BCUT2D eigenvalue weighted by molar-refractivity contribution is 5.78. The SMILES string of the molecule is CN1CCN(CC(=O)N2CCN(c3cccc(-c4cc5nc(-c6ccco6)nn5c(N)n4)c3)CC2)CC1. The molecule has 37 heavy (non-hydrogen) atoms. The zero-order valence-corrected chi connectivity index (χ0v) is 21.0. The number of amides is 1. The molecule has 0 atom stereocenters. The number of aromatic nitrogens is 4. The average molecular weight is 502 g/mol. The van der Waals surface area contributed by atoms with Crippen LogP contribution in [0.2, 0.25) is 0 Å². The van der Waals surface area contributed by atoms with Crippen molar-refractivity contribution in [2.45, 2.75) is 0 Å². The third-order valence-electron chi connectivity index (χ3n) is 7.19. The highest BCUT2D eigenvalue weighted by Gasteiger charge is 2.24. The second-order valence-electron chi connectivity index (χ2n) is 9.68. The summed E-state index contributed by atoms with van der Waals surface area (Å²) in [5.74, 6) is 1.53. The van der Waals surface area contributed by atoms with Gasteiger partial charge in [-0.2, -0.15) is 4.52 Å². The van der Waals surface area contributed by atoms with Crippen LogP contribution in [0.1, 0.15) is 0 Å². The lowest BCUT2D eigenvalue weighted by Gasteiger charge is -2.38. The first-order valence-corrected chi connectivity index (χ1v) is 12.6. The molecule has 3 aromatic heterocycles. The van der Waals surface area contributed by atoms with Gasteiger partial charge in [0.2, 0.25) is 17.7 Å². The maximum Gasteiger partial charge on any atom is 0.236 e. The van der Waals surface area contributed by atoms with Crippen LogP contribution in [0, 0.1) is 0 Å². The Morgan fingerprint density at radius 2 is 1.78 bits per heavy atom. The molecule has 0 aliphatic carbocycles. The van der Waals surface area contributed by atoms with Gasteiger partial charge < -0.3 is 24.9 Å². The van der Waals surface area contributed by atoms with Gasteiger partial charge in [0.15, 0.2) is 11.4 Å². The summed E-state index contributed by atoms with van der Waals surface area (Å²) in [5.41, 5.74) is 9.60. The Morgan fingerprint density at radius 1 is 0.973 bits per heavy atom. The fraction of sp³-hybridized carbons (Fsp3) is 0.385. The van der Waals surface area contributed by atoms with E-state index in [1.165, 1.54) is 4.52 Å². The lowest BCUT2D eigenvalue weighted by molar-refractivity contribution is -0.133. The van der Waals surface area contributed by atoms with Crippen molar-refractivity contribution in [2.75, 3.05) is 76.6 Å². The molecule has 4 aromatic rings. The number of piperazine rings is 2. The molecule has 0 radical (unpaired) electrons. The first kappa shape index (κ1) is 23.4. The summed E-state index contributed by atoms with van der Waals surface area (Å²) < 4.78 is 6.93. The van der Waals surface area contributed by atoms with Crippen LogP contribution in [0.5, 0.6) is 0 Å². The lowest BCUT2D eigenvalue weighted by atomic mass is 10.1. The molecule has 1 aromatic carbocycles. The van der Waals surface area contributed by atoms with Crippen molar-refractivity contribution in [1.82, 2.24) is 34.3 Å². The number of furan rings is 1. The molecular weight excluding hydrogens is 470 g/mol. The topological polar surface area (TPSA) is 112 Å². The molecule has 192 valence electrons. The van der Waals surface area contributed by atoms with Gasteiger partial charge in [-0.25, -0.2) is 9.97 Å². The molecule has 2 aliphatic rings. The molecule has 1 amide bonds. The lowest BCUT2D eigenvalue weighted by Crippen LogP contribution is -2.53. The van der Waals surface area contributed by atoms with Crippen LogP contribution in [0.3, 0.4) is 0 Å². The predicted octanol–water partition coefficient (Wildman–Crippen LogP) is 1.53. The number of likely N-dealkylation sites (N-methyl/N-ethyl adjacent to an activating group) is 1. The van der Waals surface area contributed by atoms with Gasteiger partial charge in [-0.15, -0.1) is 5.10 Å². The fourth-order valence-electron chi connectivity index (χ4n) is 4.94. The molecular formula is C26H31N9O2. The van der Waals surface area contributed by atoms with Crippen molar-refractivity contribution in [3.05, 3.63) is 48.7 Å². The molecule has 2 aliphatic heterocycles. The third-order valence-corrected chi connectivity index (χ3v) is 7.19. The van der Waals surface area contributed by atoms with Gasteiger partial charge in [-0.3, -0.25) is 9.69 Å². The second-order valence-corrected chi connectivity index (χ2v) is 9.68. The summed E-state index contributed by atoms with van der Waals surface area (Å²) >= 11 is 0. The number of carbonyl (C=O) groups is 1. The fourth-order valence-corrected chi connectivity index (χ4v) is 4.94. The van der Waals surface area contributed by atoms with E-state index in [9.17, 15) is 4.79 Å². The summed E-state index contributed by atoms with van der Waals surface area (Å²) in [5, 5.41) is 4.42. The molecule has 2 N–H and O–H groups in total. The van der Waals surface area contributed by atoms with Gasteiger partial charge in [0.05, 0.1) is 18.5 Å². The summed E-state index contributed by atoms with van der Waals surface area (Å²) in [7, 11) is 2.13. The molecule has 0 bridgehead atoms. The number of nitrogen functional groups attached to an aromatic ring is 1. The minimum absolute atomic E-state index is 0.230. The first-order valence-electron chi connectivity index (χ1n) is 12.6. The van der Waals surface area contributed by atoms with Crippen LogP contribution in [-0.2, 0) is 4.79 Å². The highest BCUT2D eigenvalue weighted by atomic mass is 16.3. The van der Waals surface area contributed by atoms with Crippen molar-refractivity contribution in [2.24, 2.45) is 0 Å². The molecule has 2 fully saturated rings. The van der Waals surface area contributed by atoms with Crippen LogP contribution < -0.4 is 10.6 Å². The third kappa shape index (κ3) is 4.87. The van der Waals surface area contributed by atoms with Gasteiger partial charge >= 0.3 is 0 Å². The van der Waals surface area contributed by atoms with E-state index in [4.69, 9.17) is 10.2 Å². The Kier molecular flexibility index (Phi) is 6.23. The second kappa shape index (κ2) is 9.83. The standard InChI is InChI=1S/C26H31N9O2/c1-31-7-9-32(10-8-31)18-24(36)34-13-11-33(12-14-34)20-5-2-4-19(16-20)21-17-23-29-25(22-6-3-15-37-22)30-35(23)26(27)28-21/h2-6,15-17H,7-14,18H2,1H3,(H2,27,28). The zero-order chi connectivity index (χ0) is 25.4. The summed E-state index contributed by atoms with van der Waals surface area (Å²) in [6.07, 6.45) is 1.59. The molecule has 0 unspecified atom stereocenters. The maximum atomic E-state index is 12.9. The van der Waals surface area contributed by atoms with Gasteiger partial charge in [-0.1, -0.05) is 12.1 Å². The van der Waals surface area contributed by atoms with Crippen molar-refractivity contribution < 1.29 is 9.21 Å². The molecule has 6 rings (SSSR count). The minimum atomic E-state index is 0.230.